The van der Waals surface area contributed by atoms with Crippen LogP contribution in [0.2, 0.25) is 0 Å². The van der Waals surface area contributed by atoms with Gasteiger partial charge in [0.15, 0.2) is 0 Å². The molecule has 88 valence electrons. The third kappa shape index (κ3) is 2.01. The van der Waals surface area contributed by atoms with Crippen molar-refractivity contribution in [1.29, 1.82) is 0 Å². The van der Waals surface area contributed by atoms with Crippen LogP contribution in [0, 0.1) is 5.41 Å². The van der Waals surface area contributed by atoms with Gasteiger partial charge in [0.1, 0.15) is 0 Å². The van der Waals surface area contributed by atoms with Crippen molar-refractivity contribution in [2.24, 2.45) is 5.41 Å². The van der Waals surface area contributed by atoms with Crippen LogP contribution in [0.25, 0.3) is 0 Å². The SMILES string of the molecule is C=C1C(C)=CC(C)=C[C@@]1(C)[C@H]1COCCS1. The van der Waals surface area contributed by atoms with Gasteiger partial charge in [-0.2, -0.15) is 11.8 Å². The van der Waals surface area contributed by atoms with Crippen LogP contribution >= 0.6 is 11.8 Å². The van der Waals surface area contributed by atoms with Gasteiger partial charge in [0, 0.05) is 16.4 Å². The van der Waals surface area contributed by atoms with Crippen LogP contribution in [0.3, 0.4) is 0 Å². The summed E-state index contributed by atoms with van der Waals surface area (Å²) in [7, 11) is 0. The lowest BCUT2D eigenvalue weighted by Crippen LogP contribution is -2.38. The van der Waals surface area contributed by atoms with Crippen molar-refractivity contribution in [2.75, 3.05) is 19.0 Å². The predicted molar refractivity (Wildman–Crippen MR) is 71.8 cm³/mol. The molecule has 0 amide bonds. The molecule has 1 saturated heterocycles. The zero-order valence-electron chi connectivity index (χ0n) is 10.4. The Hall–Kier alpha value is -0.470. The number of hydrogen-bond acceptors (Lipinski definition) is 2. The van der Waals surface area contributed by atoms with Crippen molar-refractivity contribution in [3.05, 3.63) is 35.5 Å². The molecular formula is C14H20OS. The summed E-state index contributed by atoms with van der Waals surface area (Å²) < 4.78 is 5.61. The van der Waals surface area contributed by atoms with Crippen LogP contribution in [-0.2, 0) is 4.74 Å². The van der Waals surface area contributed by atoms with Crippen LogP contribution in [-0.4, -0.2) is 24.2 Å². The highest BCUT2D eigenvalue weighted by Gasteiger charge is 2.38. The first-order chi connectivity index (χ1) is 7.54. The Morgan fingerprint density at radius 1 is 1.50 bits per heavy atom. The summed E-state index contributed by atoms with van der Waals surface area (Å²) in [5.41, 5.74) is 3.97. The van der Waals surface area contributed by atoms with Gasteiger partial charge in [0.2, 0.25) is 0 Å². The zero-order chi connectivity index (χ0) is 11.8. The first-order valence-corrected chi connectivity index (χ1v) is 6.86. The zero-order valence-corrected chi connectivity index (χ0v) is 11.2. The van der Waals surface area contributed by atoms with E-state index in [2.05, 4.69) is 39.5 Å². The summed E-state index contributed by atoms with van der Waals surface area (Å²) >= 11 is 2.02. The van der Waals surface area contributed by atoms with Crippen LogP contribution in [0.1, 0.15) is 20.8 Å². The summed E-state index contributed by atoms with van der Waals surface area (Å²) in [6.07, 6.45) is 4.58. The van der Waals surface area contributed by atoms with Gasteiger partial charge in [-0.3, -0.25) is 0 Å². The van der Waals surface area contributed by atoms with E-state index in [0.717, 1.165) is 19.0 Å². The van der Waals surface area contributed by atoms with E-state index in [4.69, 9.17) is 4.74 Å². The molecule has 0 spiro atoms. The van der Waals surface area contributed by atoms with E-state index in [9.17, 15) is 0 Å². The molecule has 0 saturated carbocycles. The van der Waals surface area contributed by atoms with E-state index in [1.54, 1.807) is 0 Å². The van der Waals surface area contributed by atoms with Gasteiger partial charge in [0.25, 0.3) is 0 Å². The summed E-state index contributed by atoms with van der Waals surface area (Å²) in [5, 5.41) is 0.507. The molecule has 0 aromatic carbocycles. The van der Waals surface area contributed by atoms with Crippen LogP contribution in [0.15, 0.2) is 35.5 Å². The first kappa shape index (κ1) is 12.0. The summed E-state index contributed by atoms with van der Waals surface area (Å²) in [6, 6.07) is 0. The van der Waals surface area contributed by atoms with Crippen molar-refractivity contribution >= 4 is 11.8 Å². The maximum Gasteiger partial charge on any atom is 0.0597 e. The van der Waals surface area contributed by atoms with Gasteiger partial charge in [0.05, 0.1) is 13.2 Å². The van der Waals surface area contributed by atoms with Gasteiger partial charge in [-0.25, -0.2) is 0 Å². The quantitative estimate of drug-likeness (QED) is 0.688. The monoisotopic (exact) mass is 236 g/mol. The largest absolute Gasteiger partial charge is 0.379 e. The lowest BCUT2D eigenvalue weighted by molar-refractivity contribution is 0.126. The number of rotatable bonds is 1. The highest BCUT2D eigenvalue weighted by atomic mass is 32.2. The van der Waals surface area contributed by atoms with E-state index in [-0.39, 0.29) is 5.41 Å². The molecule has 0 unspecified atom stereocenters. The highest BCUT2D eigenvalue weighted by Crippen LogP contribution is 2.46. The Morgan fingerprint density at radius 3 is 2.88 bits per heavy atom. The molecule has 1 nitrogen and oxygen atoms in total. The van der Waals surface area contributed by atoms with E-state index in [1.165, 1.54) is 16.7 Å². The maximum atomic E-state index is 5.61. The fraction of sp³-hybridized carbons (Fsp3) is 0.571. The minimum Gasteiger partial charge on any atom is -0.379 e. The number of hydrogen-bond donors (Lipinski definition) is 0. The Labute approximate surface area is 103 Å². The molecule has 0 N–H and O–H groups in total. The van der Waals surface area contributed by atoms with E-state index in [0.29, 0.717) is 5.25 Å². The first-order valence-electron chi connectivity index (χ1n) is 5.81. The molecule has 0 aromatic rings. The second-order valence-corrected chi connectivity index (χ2v) is 6.22. The van der Waals surface area contributed by atoms with Crippen molar-refractivity contribution in [3.63, 3.8) is 0 Å². The standard InChI is InChI=1S/C14H20OS/c1-10-7-11(2)12(3)14(4,8-10)13-9-15-5-6-16-13/h7-8,13H,3,5-6,9H2,1-2,4H3/t13-,14-/m1/s1. The van der Waals surface area contributed by atoms with Gasteiger partial charge in [-0.15, -0.1) is 0 Å². The molecule has 1 heterocycles. The second-order valence-electron chi connectivity index (χ2n) is 4.91. The molecule has 1 aliphatic carbocycles. The summed E-state index contributed by atoms with van der Waals surface area (Å²) in [6.45, 7) is 12.6. The third-order valence-corrected chi connectivity index (χ3v) is 5.01. The molecule has 2 aliphatic rings. The summed E-state index contributed by atoms with van der Waals surface area (Å²) in [4.78, 5) is 0. The van der Waals surface area contributed by atoms with Crippen molar-refractivity contribution in [2.45, 2.75) is 26.0 Å². The molecule has 0 aromatic heterocycles. The second kappa shape index (κ2) is 4.42. The molecule has 0 radical (unpaired) electrons. The Balaban J connectivity index is 2.29. The lowest BCUT2D eigenvalue weighted by atomic mass is 9.72. The summed E-state index contributed by atoms with van der Waals surface area (Å²) in [5.74, 6) is 1.10. The highest BCUT2D eigenvalue weighted by molar-refractivity contribution is 8.00. The molecule has 2 rings (SSSR count). The molecule has 2 heteroatoms. The minimum absolute atomic E-state index is 0.0635. The molecule has 1 fully saturated rings. The van der Waals surface area contributed by atoms with Crippen molar-refractivity contribution < 1.29 is 4.74 Å². The topological polar surface area (TPSA) is 9.23 Å². The van der Waals surface area contributed by atoms with Crippen LogP contribution in [0.4, 0.5) is 0 Å². The Morgan fingerprint density at radius 2 is 2.25 bits per heavy atom. The molecule has 1 aliphatic heterocycles. The van der Waals surface area contributed by atoms with Crippen molar-refractivity contribution in [3.8, 4) is 0 Å². The van der Waals surface area contributed by atoms with Gasteiger partial charge in [-0.1, -0.05) is 31.2 Å². The normalized spacial score (nSPS) is 35.7. The number of ether oxygens (including phenoxy) is 1. The Bertz CT molecular complexity index is 361. The molecule has 16 heavy (non-hydrogen) atoms. The lowest BCUT2D eigenvalue weighted by Gasteiger charge is -2.41. The number of allylic oxidation sites excluding steroid dienone is 5. The Kier molecular flexibility index (Phi) is 3.32. The van der Waals surface area contributed by atoms with Gasteiger partial charge >= 0.3 is 0 Å². The third-order valence-electron chi connectivity index (χ3n) is 3.58. The number of thioether (sulfide) groups is 1. The average Bonchev–Trinajstić information content (AvgIpc) is 2.27. The van der Waals surface area contributed by atoms with E-state index >= 15 is 0 Å². The average molecular weight is 236 g/mol. The van der Waals surface area contributed by atoms with Gasteiger partial charge in [-0.05, 0) is 25.0 Å². The smallest absolute Gasteiger partial charge is 0.0597 e. The fourth-order valence-corrected chi connectivity index (χ4v) is 3.82. The van der Waals surface area contributed by atoms with Crippen molar-refractivity contribution in [1.82, 2.24) is 0 Å². The fourth-order valence-electron chi connectivity index (χ4n) is 2.58. The maximum absolute atomic E-state index is 5.61. The van der Waals surface area contributed by atoms with E-state index < -0.39 is 0 Å². The predicted octanol–water partition coefficient (Wildman–Crippen LogP) is 3.59. The molecule has 2 atom stereocenters. The van der Waals surface area contributed by atoms with E-state index in [1.807, 2.05) is 11.8 Å². The van der Waals surface area contributed by atoms with Gasteiger partial charge < -0.3 is 4.74 Å². The van der Waals surface area contributed by atoms with Crippen LogP contribution in [0.5, 0.6) is 0 Å². The minimum atomic E-state index is 0.0635. The molecule has 0 bridgehead atoms. The van der Waals surface area contributed by atoms with Crippen LogP contribution < -0.4 is 0 Å². The molecular weight excluding hydrogens is 216 g/mol.